The molecule has 0 saturated heterocycles. The molecule has 7 heteroatoms. The summed E-state index contributed by atoms with van der Waals surface area (Å²) in [6, 6.07) is 25.0. The van der Waals surface area contributed by atoms with Crippen molar-refractivity contribution in [2.75, 3.05) is 12.4 Å². The predicted molar refractivity (Wildman–Crippen MR) is 137 cm³/mol. The maximum absolute atomic E-state index is 13.3. The Kier molecular flexibility index (Phi) is 5.90. The Balaban J connectivity index is 1.50. The van der Waals surface area contributed by atoms with Crippen molar-refractivity contribution in [2.45, 2.75) is 0 Å². The summed E-state index contributed by atoms with van der Waals surface area (Å²) in [5, 5.41) is 6.22. The molecule has 2 aromatic heterocycles. The van der Waals surface area contributed by atoms with Gasteiger partial charge in [-0.3, -0.25) is 10.1 Å². The number of para-hydroxylation sites is 1. The topological polar surface area (TPSA) is 64.1 Å². The fraction of sp³-hybridized carbons (Fsp3) is 0.0385. The molecule has 5 rings (SSSR count). The molecule has 0 fully saturated rings. The number of methoxy groups -OCH3 is 1. The number of amides is 1. The first-order valence-corrected chi connectivity index (χ1v) is 11.8. The van der Waals surface area contributed by atoms with Crippen molar-refractivity contribution in [3.63, 3.8) is 0 Å². The number of fused-ring (bicyclic) bond motifs is 1. The van der Waals surface area contributed by atoms with E-state index in [-0.39, 0.29) is 5.91 Å². The molecular weight excluding hydrogens is 498 g/mol. The first-order chi connectivity index (χ1) is 16.1. The van der Waals surface area contributed by atoms with E-state index in [1.165, 1.54) is 11.3 Å². The molecule has 2 heterocycles. The number of pyridine rings is 1. The van der Waals surface area contributed by atoms with Crippen LogP contribution < -0.4 is 10.1 Å². The molecule has 162 valence electrons. The Bertz CT molecular complexity index is 1460. The van der Waals surface area contributed by atoms with E-state index < -0.39 is 0 Å². The van der Waals surface area contributed by atoms with Crippen LogP contribution in [0.25, 0.3) is 33.4 Å². The number of nitrogens with zero attached hydrogens (tertiary/aromatic N) is 2. The number of ether oxygens (including phenoxy) is 1. The van der Waals surface area contributed by atoms with E-state index in [1.54, 1.807) is 7.11 Å². The third kappa shape index (κ3) is 4.51. The summed E-state index contributed by atoms with van der Waals surface area (Å²) in [7, 11) is 1.63. The number of hydrogen-bond donors (Lipinski definition) is 1. The molecule has 0 aliphatic rings. The summed E-state index contributed by atoms with van der Waals surface area (Å²) in [5.41, 5.74) is 4.67. The zero-order valence-corrected chi connectivity index (χ0v) is 20.0. The van der Waals surface area contributed by atoms with E-state index in [2.05, 4.69) is 26.2 Å². The van der Waals surface area contributed by atoms with Crippen molar-refractivity contribution < 1.29 is 9.53 Å². The quantitative estimate of drug-likeness (QED) is 0.272. The van der Waals surface area contributed by atoms with Crippen LogP contribution >= 0.6 is 27.3 Å². The van der Waals surface area contributed by atoms with Gasteiger partial charge in [0, 0.05) is 26.4 Å². The van der Waals surface area contributed by atoms with E-state index in [1.807, 2.05) is 84.2 Å². The summed E-state index contributed by atoms with van der Waals surface area (Å²) in [6.07, 6.45) is 0. The van der Waals surface area contributed by atoms with Gasteiger partial charge in [-0.05, 0) is 36.4 Å². The molecule has 5 nitrogen and oxygen atoms in total. The van der Waals surface area contributed by atoms with E-state index in [0.29, 0.717) is 16.4 Å². The number of thiazole rings is 1. The Morgan fingerprint density at radius 1 is 0.909 bits per heavy atom. The van der Waals surface area contributed by atoms with Gasteiger partial charge in [0.1, 0.15) is 5.75 Å². The van der Waals surface area contributed by atoms with Gasteiger partial charge in [0.15, 0.2) is 5.13 Å². The molecule has 33 heavy (non-hydrogen) atoms. The van der Waals surface area contributed by atoms with E-state index in [9.17, 15) is 4.79 Å². The van der Waals surface area contributed by atoms with Crippen LogP contribution in [0.5, 0.6) is 5.75 Å². The van der Waals surface area contributed by atoms with Crippen molar-refractivity contribution in [1.82, 2.24) is 9.97 Å². The van der Waals surface area contributed by atoms with Crippen LogP contribution in [0.4, 0.5) is 5.13 Å². The number of aromatic nitrogens is 2. The number of halogens is 1. The molecule has 1 N–H and O–H groups in total. The van der Waals surface area contributed by atoms with Gasteiger partial charge in [0.2, 0.25) is 0 Å². The maximum Gasteiger partial charge on any atom is 0.258 e. The van der Waals surface area contributed by atoms with Crippen molar-refractivity contribution in [2.24, 2.45) is 0 Å². The largest absolute Gasteiger partial charge is 0.497 e. The Labute approximate surface area is 203 Å². The standard InChI is InChI=1S/C26H18BrN3O2S/c1-32-19-6-4-5-17(13-19)23-14-21(20-7-2-3-8-22(20)28-23)25(31)30-26-29-24(15-33-26)16-9-11-18(27)12-10-16/h2-15H,1H3,(H,29,30,31). The van der Waals surface area contributed by atoms with E-state index >= 15 is 0 Å². The third-order valence-electron chi connectivity index (χ3n) is 5.19. The molecule has 0 spiro atoms. The molecule has 0 unspecified atom stereocenters. The number of carbonyl (C=O) groups excluding carboxylic acids is 1. The predicted octanol–water partition coefficient (Wildman–Crippen LogP) is 7.05. The van der Waals surface area contributed by atoms with Crippen molar-refractivity contribution in [3.8, 4) is 28.3 Å². The number of nitrogens with one attached hydrogen (secondary N) is 1. The lowest BCUT2D eigenvalue weighted by atomic mass is 10.0. The SMILES string of the molecule is COc1cccc(-c2cc(C(=O)Nc3nc(-c4ccc(Br)cc4)cs3)c3ccccc3n2)c1. The Hall–Kier alpha value is -3.55. The molecule has 0 atom stereocenters. The lowest BCUT2D eigenvalue weighted by Gasteiger charge is -2.10. The summed E-state index contributed by atoms with van der Waals surface area (Å²) in [6.45, 7) is 0. The normalized spacial score (nSPS) is 10.8. The lowest BCUT2D eigenvalue weighted by molar-refractivity contribution is 0.102. The van der Waals surface area contributed by atoms with Crippen molar-refractivity contribution >= 4 is 49.2 Å². The van der Waals surface area contributed by atoms with Crippen LogP contribution in [-0.4, -0.2) is 23.0 Å². The first kappa shape index (κ1) is 21.3. The van der Waals surface area contributed by atoms with E-state index in [0.717, 1.165) is 37.9 Å². The minimum absolute atomic E-state index is 0.227. The second-order valence-corrected chi connectivity index (χ2v) is 9.08. The summed E-state index contributed by atoms with van der Waals surface area (Å²) >= 11 is 4.84. The lowest BCUT2D eigenvalue weighted by Crippen LogP contribution is -2.13. The molecule has 5 aromatic rings. The monoisotopic (exact) mass is 515 g/mol. The average molecular weight is 516 g/mol. The highest BCUT2D eigenvalue weighted by atomic mass is 79.9. The van der Waals surface area contributed by atoms with Crippen LogP contribution in [0.3, 0.4) is 0 Å². The van der Waals surface area contributed by atoms with Crippen LogP contribution in [0.1, 0.15) is 10.4 Å². The third-order valence-corrected chi connectivity index (χ3v) is 6.48. The highest BCUT2D eigenvalue weighted by Crippen LogP contribution is 2.29. The highest BCUT2D eigenvalue weighted by molar-refractivity contribution is 9.10. The summed E-state index contributed by atoms with van der Waals surface area (Å²) in [5.74, 6) is 0.506. The molecule has 0 bridgehead atoms. The molecule has 0 saturated carbocycles. The molecule has 0 aliphatic carbocycles. The zero-order valence-electron chi connectivity index (χ0n) is 17.6. The molecule has 0 aliphatic heterocycles. The number of carbonyl (C=O) groups is 1. The second-order valence-electron chi connectivity index (χ2n) is 7.30. The first-order valence-electron chi connectivity index (χ1n) is 10.2. The molecule has 1 amide bonds. The van der Waals surface area contributed by atoms with Crippen LogP contribution in [0.2, 0.25) is 0 Å². The van der Waals surface area contributed by atoms with Crippen molar-refractivity contribution in [1.29, 1.82) is 0 Å². The van der Waals surface area contributed by atoms with Gasteiger partial charge in [0.05, 0.1) is 29.6 Å². The fourth-order valence-corrected chi connectivity index (χ4v) is 4.52. The van der Waals surface area contributed by atoms with Gasteiger partial charge < -0.3 is 4.74 Å². The number of hydrogen-bond acceptors (Lipinski definition) is 5. The number of anilines is 1. The maximum atomic E-state index is 13.3. The van der Waals surface area contributed by atoms with Crippen LogP contribution in [-0.2, 0) is 0 Å². The Morgan fingerprint density at radius 2 is 1.73 bits per heavy atom. The molecule has 0 radical (unpaired) electrons. The van der Waals surface area contributed by atoms with Gasteiger partial charge >= 0.3 is 0 Å². The summed E-state index contributed by atoms with van der Waals surface area (Å²) < 4.78 is 6.36. The molecule has 3 aromatic carbocycles. The van der Waals surface area contributed by atoms with E-state index in [4.69, 9.17) is 9.72 Å². The molecular formula is C26H18BrN3O2S. The van der Waals surface area contributed by atoms with Crippen molar-refractivity contribution in [3.05, 3.63) is 94.3 Å². The number of benzene rings is 3. The zero-order chi connectivity index (χ0) is 22.8. The second kappa shape index (κ2) is 9.13. The van der Waals surface area contributed by atoms with Crippen LogP contribution in [0, 0.1) is 0 Å². The number of rotatable bonds is 5. The van der Waals surface area contributed by atoms with Gasteiger partial charge in [-0.2, -0.15) is 0 Å². The average Bonchev–Trinajstić information content (AvgIpc) is 3.32. The minimum atomic E-state index is -0.227. The minimum Gasteiger partial charge on any atom is -0.497 e. The van der Waals surface area contributed by atoms with Gasteiger partial charge in [-0.15, -0.1) is 11.3 Å². The smallest absolute Gasteiger partial charge is 0.258 e. The van der Waals surface area contributed by atoms with Crippen LogP contribution in [0.15, 0.2) is 88.7 Å². The summed E-state index contributed by atoms with van der Waals surface area (Å²) in [4.78, 5) is 22.7. The van der Waals surface area contributed by atoms with Gasteiger partial charge in [-0.1, -0.05) is 58.4 Å². The fourth-order valence-electron chi connectivity index (χ4n) is 3.54. The highest BCUT2D eigenvalue weighted by Gasteiger charge is 2.16. The van der Waals surface area contributed by atoms with Gasteiger partial charge in [0.25, 0.3) is 5.91 Å². The Morgan fingerprint density at radius 3 is 2.55 bits per heavy atom. The van der Waals surface area contributed by atoms with Gasteiger partial charge in [-0.25, -0.2) is 9.97 Å².